The van der Waals surface area contributed by atoms with E-state index < -0.39 is 12.1 Å². The molecule has 9 nitrogen and oxygen atoms in total. The molecule has 1 aliphatic rings. The summed E-state index contributed by atoms with van der Waals surface area (Å²) in [5.41, 5.74) is 9.31. The van der Waals surface area contributed by atoms with Gasteiger partial charge < -0.3 is 29.4 Å². The van der Waals surface area contributed by atoms with E-state index in [9.17, 15) is 4.79 Å². The number of quaternary nitrogens is 1. The summed E-state index contributed by atoms with van der Waals surface area (Å²) in [7, 11) is 1.57. The molecule has 1 atom stereocenters. The number of anilines is 1. The van der Waals surface area contributed by atoms with Gasteiger partial charge in [0.1, 0.15) is 36.1 Å². The molecule has 4 rings (SSSR count). The van der Waals surface area contributed by atoms with Crippen molar-refractivity contribution in [3.8, 4) is 0 Å². The van der Waals surface area contributed by atoms with Gasteiger partial charge in [0.15, 0.2) is 5.65 Å². The zero-order valence-electron chi connectivity index (χ0n) is 18.1. The fraction of sp³-hybridized carbons (Fsp3) is 0.500. The van der Waals surface area contributed by atoms with E-state index in [0.29, 0.717) is 35.7 Å². The molecule has 9 heteroatoms. The Balaban J connectivity index is 1.67. The van der Waals surface area contributed by atoms with Crippen LogP contribution in [0.5, 0.6) is 0 Å². The van der Waals surface area contributed by atoms with E-state index in [-0.39, 0.29) is 5.56 Å². The third-order valence-corrected chi connectivity index (χ3v) is 5.62. The van der Waals surface area contributed by atoms with Crippen molar-refractivity contribution in [2.75, 3.05) is 52.3 Å². The average molecular weight is 429 g/mol. The molecule has 0 amide bonds. The first-order chi connectivity index (χ1) is 15.1. The number of methoxy groups -OCH3 is 1. The second-order valence-corrected chi connectivity index (χ2v) is 7.93. The largest absolute Gasteiger partial charge is 0.456 e. The Labute approximate surface area is 181 Å². The average Bonchev–Trinajstić information content (AvgIpc) is 3.03. The summed E-state index contributed by atoms with van der Waals surface area (Å²) in [6.45, 7) is 7.38. The number of para-hydroxylation sites is 2. The molecule has 0 bridgehead atoms. The SMILES string of the molecule is COC[C@@H](C)OC(=O)c1c(N)n(CCC[NH+]2CCOCC2)c2nc3ccccc3nc12. The van der Waals surface area contributed by atoms with Crippen molar-refractivity contribution in [3.05, 3.63) is 29.8 Å². The normalized spacial score (nSPS) is 16.1. The van der Waals surface area contributed by atoms with Gasteiger partial charge in [-0.15, -0.1) is 0 Å². The van der Waals surface area contributed by atoms with Crippen LogP contribution in [-0.4, -0.2) is 73.2 Å². The fourth-order valence-corrected chi connectivity index (χ4v) is 4.05. The zero-order valence-corrected chi connectivity index (χ0v) is 18.1. The quantitative estimate of drug-likeness (QED) is 0.508. The molecule has 1 aromatic carbocycles. The van der Waals surface area contributed by atoms with Crippen molar-refractivity contribution < 1.29 is 23.9 Å². The first kappa shape index (κ1) is 21.5. The minimum Gasteiger partial charge on any atom is -0.456 e. The van der Waals surface area contributed by atoms with Gasteiger partial charge in [-0.1, -0.05) is 12.1 Å². The molecule has 1 fully saturated rings. The minimum atomic E-state index is -0.505. The molecule has 3 heterocycles. The maximum atomic E-state index is 13.0. The lowest BCUT2D eigenvalue weighted by Gasteiger charge is -2.23. The van der Waals surface area contributed by atoms with Crippen molar-refractivity contribution >= 4 is 34.0 Å². The number of hydrogen-bond donors (Lipinski definition) is 2. The summed E-state index contributed by atoms with van der Waals surface area (Å²) in [5.74, 6) is -0.161. The van der Waals surface area contributed by atoms with E-state index in [4.69, 9.17) is 29.9 Å². The number of nitrogens with zero attached hydrogens (tertiary/aromatic N) is 3. The van der Waals surface area contributed by atoms with Gasteiger partial charge in [-0.25, -0.2) is 14.8 Å². The van der Waals surface area contributed by atoms with Crippen LogP contribution in [0.15, 0.2) is 24.3 Å². The molecular formula is C22H30N5O4+. The molecule has 1 saturated heterocycles. The minimum absolute atomic E-state index is 0.273. The Bertz CT molecular complexity index is 1060. The van der Waals surface area contributed by atoms with Crippen LogP contribution in [0.3, 0.4) is 0 Å². The van der Waals surface area contributed by atoms with E-state index in [1.165, 1.54) is 4.90 Å². The molecule has 0 spiro atoms. The molecular weight excluding hydrogens is 398 g/mol. The summed E-state index contributed by atoms with van der Waals surface area (Å²) in [6.07, 6.45) is 0.514. The number of hydrogen-bond acceptors (Lipinski definition) is 7. The van der Waals surface area contributed by atoms with Crippen LogP contribution in [-0.2, 0) is 20.8 Å². The Morgan fingerprint density at radius 3 is 2.68 bits per heavy atom. The highest BCUT2D eigenvalue weighted by molar-refractivity contribution is 6.08. The number of nitrogen functional groups attached to an aromatic ring is 1. The number of rotatable bonds is 8. The monoisotopic (exact) mass is 428 g/mol. The lowest BCUT2D eigenvalue weighted by atomic mass is 10.2. The van der Waals surface area contributed by atoms with Gasteiger partial charge >= 0.3 is 5.97 Å². The van der Waals surface area contributed by atoms with Gasteiger partial charge in [-0.2, -0.15) is 0 Å². The number of nitrogens with one attached hydrogen (secondary N) is 1. The van der Waals surface area contributed by atoms with Crippen molar-refractivity contribution in [3.63, 3.8) is 0 Å². The summed E-state index contributed by atoms with van der Waals surface area (Å²) in [4.78, 5) is 24.0. The van der Waals surface area contributed by atoms with Crippen LogP contribution in [0.1, 0.15) is 23.7 Å². The first-order valence-corrected chi connectivity index (χ1v) is 10.7. The summed E-state index contributed by atoms with van der Waals surface area (Å²) in [6, 6.07) is 7.60. The van der Waals surface area contributed by atoms with Gasteiger partial charge in [-0.05, 0) is 19.1 Å². The molecule has 3 aromatic rings. The highest BCUT2D eigenvalue weighted by atomic mass is 16.6. The highest BCUT2D eigenvalue weighted by Crippen LogP contribution is 2.29. The van der Waals surface area contributed by atoms with Gasteiger partial charge in [0, 0.05) is 20.1 Å². The molecule has 0 saturated carbocycles. The second kappa shape index (κ2) is 9.59. The summed E-state index contributed by atoms with van der Waals surface area (Å²) < 4.78 is 18.0. The van der Waals surface area contributed by atoms with E-state index in [1.54, 1.807) is 14.0 Å². The maximum Gasteiger partial charge on any atom is 0.344 e. The number of esters is 1. The van der Waals surface area contributed by atoms with Crippen molar-refractivity contribution in [2.24, 2.45) is 0 Å². The Kier molecular flexibility index (Phi) is 6.64. The smallest absolute Gasteiger partial charge is 0.344 e. The predicted molar refractivity (Wildman–Crippen MR) is 117 cm³/mol. The number of nitrogens with two attached hydrogens (primary N) is 1. The molecule has 3 N–H and O–H groups in total. The maximum absolute atomic E-state index is 13.0. The number of morpholine rings is 1. The molecule has 1 aliphatic heterocycles. The topological polar surface area (TPSA) is 106 Å². The first-order valence-electron chi connectivity index (χ1n) is 10.7. The van der Waals surface area contributed by atoms with E-state index in [2.05, 4.69) is 0 Å². The van der Waals surface area contributed by atoms with Gasteiger partial charge in [0.25, 0.3) is 0 Å². The van der Waals surface area contributed by atoms with Crippen LogP contribution >= 0.6 is 0 Å². The number of carbonyl (C=O) groups is 1. The predicted octanol–water partition coefficient (Wildman–Crippen LogP) is 0.664. The van der Waals surface area contributed by atoms with Crippen molar-refractivity contribution in [1.29, 1.82) is 0 Å². The third-order valence-electron chi connectivity index (χ3n) is 5.62. The second-order valence-electron chi connectivity index (χ2n) is 7.93. The number of fused-ring (bicyclic) bond motifs is 2. The van der Waals surface area contributed by atoms with Gasteiger partial charge in [-0.3, -0.25) is 0 Å². The molecule has 0 aliphatic carbocycles. The van der Waals surface area contributed by atoms with E-state index in [0.717, 1.165) is 44.8 Å². The number of aromatic nitrogens is 3. The Hall–Kier alpha value is -2.75. The standard InChI is InChI=1S/C22H29N5O4/c1-15(14-29-2)31-22(28)18-19-21(25-17-7-4-3-6-16(17)24-19)27(20(18)23)9-5-8-26-10-12-30-13-11-26/h3-4,6-7,15H,5,8-14,23H2,1-2H3/p+1/t15-/m1/s1. The fourth-order valence-electron chi connectivity index (χ4n) is 4.05. The third kappa shape index (κ3) is 4.63. The van der Waals surface area contributed by atoms with E-state index >= 15 is 0 Å². The number of carbonyl (C=O) groups excluding carboxylic acids is 1. The Morgan fingerprint density at radius 1 is 1.26 bits per heavy atom. The number of ether oxygens (including phenoxy) is 3. The van der Waals surface area contributed by atoms with Gasteiger partial charge in [0.05, 0.1) is 37.4 Å². The number of benzene rings is 1. The summed E-state index contributed by atoms with van der Waals surface area (Å²) >= 11 is 0. The Morgan fingerprint density at radius 2 is 1.97 bits per heavy atom. The molecule has 2 aromatic heterocycles. The van der Waals surface area contributed by atoms with Gasteiger partial charge in [0.2, 0.25) is 0 Å². The van der Waals surface area contributed by atoms with Crippen LogP contribution in [0.2, 0.25) is 0 Å². The van der Waals surface area contributed by atoms with Crippen molar-refractivity contribution in [2.45, 2.75) is 26.0 Å². The van der Waals surface area contributed by atoms with Crippen LogP contribution in [0, 0.1) is 0 Å². The molecule has 31 heavy (non-hydrogen) atoms. The van der Waals surface area contributed by atoms with Crippen LogP contribution in [0.25, 0.3) is 22.2 Å². The number of aryl methyl sites for hydroxylation is 1. The lowest BCUT2D eigenvalue weighted by Crippen LogP contribution is -3.14. The van der Waals surface area contributed by atoms with Crippen molar-refractivity contribution in [1.82, 2.24) is 14.5 Å². The van der Waals surface area contributed by atoms with E-state index in [1.807, 2.05) is 28.8 Å². The molecule has 0 radical (unpaired) electrons. The van der Waals surface area contributed by atoms with Crippen LogP contribution < -0.4 is 10.6 Å². The van der Waals surface area contributed by atoms with Crippen LogP contribution in [0.4, 0.5) is 5.82 Å². The zero-order chi connectivity index (χ0) is 21.8. The molecule has 166 valence electrons. The lowest BCUT2D eigenvalue weighted by molar-refractivity contribution is -0.908. The highest BCUT2D eigenvalue weighted by Gasteiger charge is 2.26. The summed E-state index contributed by atoms with van der Waals surface area (Å²) in [5, 5.41) is 0. The molecule has 0 unspecified atom stereocenters.